The molecule has 0 saturated heterocycles. The summed E-state index contributed by atoms with van der Waals surface area (Å²) in [4.78, 5) is 49.1. The number of hydrogen-bond acceptors (Lipinski definition) is 12. The number of Topliss-reactive ketones (excluding diaryl/α,β-unsaturated/α-hetero) is 2. The first-order valence-electron chi connectivity index (χ1n) is 12.3. The van der Waals surface area contributed by atoms with Crippen LogP contribution in [0.15, 0.2) is 35.2 Å². The number of hydrogen-bond donors (Lipinski definition) is 5. The zero-order chi connectivity index (χ0) is 29.3. The second-order valence-electron chi connectivity index (χ2n) is 10.2. The first kappa shape index (κ1) is 27.1. The van der Waals surface area contributed by atoms with E-state index in [-0.39, 0.29) is 41.6 Å². The van der Waals surface area contributed by atoms with Gasteiger partial charge in [-0.2, -0.15) is 4.98 Å². The van der Waals surface area contributed by atoms with Crippen LogP contribution >= 0.6 is 0 Å². The number of rotatable bonds is 5. The number of fused-ring (bicyclic) bond motifs is 3. The van der Waals surface area contributed by atoms with Gasteiger partial charge in [0, 0.05) is 17.7 Å². The maximum Gasteiger partial charge on any atom is 0.319 e. The van der Waals surface area contributed by atoms with E-state index in [2.05, 4.69) is 9.97 Å². The van der Waals surface area contributed by atoms with Gasteiger partial charge >= 0.3 is 6.01 Å². The Morgan fingerprint density at radius 2 is 1.82 bits per heavy atom. The predicted molar refractivity (Wildman–Crippen MR) is 138 cm³/mol. The number of likely N-dealkylation sites (N-methyl/N-ethyl adjacent to an activating group) is 1. The van der Waals surface area contributed by atoms with Gasteiger partial charge in [0.15, 0.2) is 11.4 Å². The number of benzene rings is 1. The molecule has 2 aromatic rings. The van der Waals surface area contributed by atoms with Gasteiger partial charge in [-0.15, -0.1) is 0 Å². The Balaban J connectivity index is 1.74. The van der Waals surface area contributed by atoms with Gasteiger partial charge in [-0.1, -0.05) is 6.07 Å². The molecule has 4 atom stereocenters. The molecule has 5 rings (SSSR count). The zero-order valence-electron chi connectivity index (χ0n) is 22.1. The van der Waals surface area contributed by atoms with E-state index in [0.717, 1.165) is 0 Å². The molecule has 13 nitrogen and oxygen atoms in total. The minimum Gasteiger partial charge on any atom is -0.508 e. The van der Waals surface area contributed by atoms with Crippen molar-refractivity contribution in [3.63, 3.8) is 0 Å². The highest BCUT2D eigenvalue weighted by molar-refractivity contribution is 6.24. The molecule has 1 aromatic heterocycles. The molecule has 0 unspecified atom stereocenters. The van der Waals surface area contributed by atoms with Crippen molar-refractivity contribution in [1.82, 2.24) is 14.9 Å². The van der Waals surface area contributed by atoms with Crippen LogP contribution in [-0.4, -0.2) is 92.7 Å². The molecule has 0 spiro atoms. The van der Waals surface area contributed by atoms with Crippen molar-refractivity contribution in [2.75, 3.05) is 28.3 Å². The fourth-order valence-electron chi connectivity index (χ4n) is 6.29. The van der Waals surface area contributed by atoms with Gasteiger partial charge in [-0.25, -0.2) is 4.98 Å². The molecular formula is C27H28N4O9. The number of aliphatic hydroxyl groups is 3. The summed E-state index contributed by atoms with van der Waals surface area (Å²) in [5, 5.41) is 44.8. The smallest absolute Gasteiger partial charge is 0.319 e. The number of primary amides is 1. The molecule has 0 bridgehead atoms. The summed E-state index contributed by atoms with van der Waals surface area (Å²) in [6.07, 6.45) is 1.54. The number of ketones is 2. The Morgan fingerprint density at radius 1 is 1.12 bits per heavy atom. The number of aromatic hydroxyl groups is 1. The Morgan fingerprint density at radius 3 is 2.42 bits per heavy atom. The van der Waals surface area contributed by atoms with E-state index in [1.165, 1.54) is 31.4 Å². The van der Waals surface area contributed by atoms with Crippen LogP contribution in [0.3, 0.4) is 0 Å². The van der Waals surface area contributed by atoms with E-state index in [9.17, 15) is 34.8 Å². The number of carbonyl (C=O) groups is 3. The highest BCUT2D eigenvalue weighted by atomic mass is 16.5. The topological polar surface area (TPSA) is 206 Å². The van der Waals surface area contributed by atoms with Gasteiger partial charge < -0.3 is 35.6 Å². The van der Waals surface area contributed by atoms with Crippen molar-refractivity contribution in [2.24, 2.45) is 17.6 Å². The van der Waals surface area contributed by atoms with Crippen molar-refractivity contribution in [1.29, 1.82) is 0 Å². The van der Waals surface area contributed by atoms with Crippen LogP contribution in [0.1, 0.15) is 17.5 Å². The Kier molecular flexibility index (Phi) is 6.31. The highest BCUT2D eigenvalue weighted by Crippen LogP contribution is 2.54. The molecule has 0 aliphatic heterocycles. The van der Waals surface area contributed by atoms with Crippen LogP contribution in [0.25, 0.3) is 16.9 Å². The number of aromatic nitrogens is 2. The van der Waals surface area contributed by atoms with Crippen LogP contribution in [-0.2, 0) is 20.8 Å². The molecule has 6 N–H and O–H groups in total. The number of phenols is 1. The lowest BCUT2D eigenvalue weighted by Gasteiger charge is -2.50. The van der Waals surface area contributed by atoms with Crippen LogP contribution in [0.4, 0.5) is 0 Å². The summed E-state index contributed by atoms with van der Waals surface area (Å²) in [7, 11) is 5.90. The summed E-state index contributed by atoms with van der Waals surface area (Å²) in [5.74, 6) is -6.98. The van der Waals surface area contributed by atoms with E-state index < -0.39 is 58.0 Å². The van der Waals surface area contributed by atoms with E-state index in [1.54, 1.807) is 20.2 Å². The largest absolute Gasteiger partial charge is 0.508 e. The molecule has 3 aliphatic carbocycles. The zero-order valence-corrected chi connectivity index (χ0v) is 22.1. The van der Waals surface area contributed by atoms with Gasteiger partial charge in [0.1, 0.15) is 22.8 Å². The number of carbonyl (C=O) groups excluding carboxylic acids is 3. The number of aliphatic hydroxyl groups excluding tert-OH is 2. The van der Waals surface area contributed by atoms with E-state index in [1.807, 2.05) is 0 Å². The fraction of sp³-hybridized carbons (Fsp3) is 0.370. The standard InChI is InChI=1S/C27H28N4O9/c1-31(2)19-14-8-10-7-12-11(13-9-29-26(40-4)30-25(13)39-3)5-6-15(32)17(12)20(33)16(10)22(35)27(14,38)23(36)18(21(19)34)24(28)37/h5-6,9-10,14,19,32-33,36,38H,7-8H2,1-4H3,(H2,28,37)/t10-,14-,19-,27-/m0/s1. The van der Waals surface area contributed by atoms with Crippen molar-refractivity contribution >= 4 is 23.2 Å². The third-order valence-corrected chi connectivity index (χ3v) is 8.00. The number of phenolic OH excluding ortho intramolecular Hbond substituents is 1. The average Bonchev–Trinajstić information content (AvgIpc) is 2.90. The average molecular weight is 553 g/mol. The Bertz CT molecular complexity index is 1550. The van der Waals surface area contributed by atoms with Gasteiger partial charge in [0.05, 0.1) is 31.4 Å². The number of ether oxygens (including phenoxy) is 2. The molecule has 0 radical (unpaired) electrons. The molecule has 210 valence electrons. The summed E-state index contributed by atoms with van der Waals surface area (Å²) in [5.41, 5.74) is 2.89. The molecule has 1 saturated carbocycles. The quantitative estimate of drug-likeness (QED) is 0.320. The number of nitrogens with zero attached hydrogens (tertiary/aromatic N) is 3. The number of methoxy groups -OCH3 is 2. The molecule has 13 heteroatoms. The molecular weight excluding hydrogens is 524 g/mol. The van der Waals surface area contributed by atoms with Crippen LogP contribution in [0, 0.1) is 11.8 Å². The van der Waals surface area contributed by atoms with Gasteiger partial charge in [-0.05, 0) is 50.0 Å². The van der Waals surface area contributed by atoms with Crippen LogP contribution in [0.2, 0.25) is 0 Å². The normalized spacial score (nSPS) is 25.9. The Labute approximate surface area is 228 Å². The van der Waals surface area contributed by atoms with Crippen molar-refractivity contribution in [3.05, 3.63) is 46.4 Å². The van der Waals surface area contributed by atoms with E-state index >= 15 is 0 Å². The highest BCUT2D eigenvalue weighted by Gasteiger charge is 2.64. The molecule has 1 heterocycles. The van der Waals surface area contributed by atoms with Crippen molar-refractivity contribution in [2.45, 2.75) is 24.5 Å². The van der Waals surface area contributed by atoms with Crippen LogP contribution in [0.5, 0.6) is 17.6 Å². The predicted octanol–water partition coefficient (Wildman–Crippen LogP) is 0.438. The molecule has 1 aromatic carbocycles. The summed E-state index contributed by atoms with van der Waals surface area (Å²) >= 11 is 0. The minimum atomic E-state index is -2.70. The van der Waals surface area contributed by atoms with Gasteiger partial charge in [0.2, 0.25) is 11.7 Å². The monoisotopic (exact) mass is 552 g/mol. The lowest BCUT2D eigenvalue weighted by molar-refractivity contribution is -0.153. The van der Waals surface area contributed by atoms with E-state index in [0.29, 0.717) is 16.7 Å². The van der Waals surface area contributed by atoms with Gasteiger partial charge in [0.25, 0.3) is 5.91 Å². The van der Waals surface area contributed by atoms with Crippen molar-refractivity contribution < 1.29 is 44.3 Å². The van der Waals surface area contributed by atoms with Gasteiger partial charge in [-0.3, -0.25) is 19.3 Å². The second-order valence-corrected chi connectivity index (χ2v) is 10.2. The lowest BCUT2D eigenvalue weighted by atomic mass is 9.57. The maximum absolute atomic E-state index is 13.9. The summed E-state index contributed by atoms with van der Waals surface area (Å²) < 4.78 is 10.5. The second kappa shape index (κ2) is 9.31. The molecule has 3 aliphatic rings. The fourth-order valence-corrected chi connectivity index (χ4v) is 6.29. The number of amides is 1. The minimum absolute atomic E-state index is 0.0306. The number of nitrogens with two attached hydrogens (primary N) is 1. The molecule has 40 heavy (non-hydrogen) atoms. The Hall–Kier alpha value is -4.49. The SMILES string of the molecule is COc1ncc(-c2ccc(O)c3c2C[C@H]2C[C@H]4[C@H](N(C)C)C(=O)C(C(N)=O)=C(O)[C@@]4(O)C(=O)C2=C3O)c(OC)n1. The van der Waals surface area contributed by atoms with Crippen molar-refractivity contribution in [3.8, 4) is 28.8 Å². The first-order chi connectivity index (χ1) is 18.9. The third-order valence-electron chi connectivity index (χ3n) is 8.00. The maximum atomic E-state index is 13.9. The summed E-state index contributed by atoms with van der Waals surface area (Å²) in [6.45, 7) is 0. The molecule has 1 fully saturated rings. The lowest BCUT2D eigenvalue weighted by Crippen LogP contribution is -2.65. The first-order valence-corrected chi connectivity index (χ1v) is 12.3. The van der Waals surface area contributed by atoms with E-state index in [4.69, 9.17) is 15.2 Å². The molecule has 1 amide bonds. The third kappa shape index (κ3) is 3.58. The summed E-state index contributed by atoms with van der Waals surface area (Å²) in [6, 6.07) is 1.82. The van der Waals surface area contributed by atoms with Crippen LogP contribution < -0.4 is 15.2 Å².